The van der Waals surface area contributed by atoms with Gasteiger partial charge < -0.3 is 5.32 Å². The van der Waals surface area contributed by atoms with Crippen LogP contribution in [0, 0.1) is 18.6 Å². The number of amides is 2. The van der Waals surface area contributed by atoms with Crippen molar-refractivity contribution < 1.29 is 13.6 Å². The highest BCUT2D eigenvalue weighted by atomic mass is 79.9. The fourth-order valence-corrected chi connectivity index (χ4v) is 3.30. The molecule has 0 aliphatic heterocycles. The molecule has 1 heterocycles. The van der Waals surface area contributed by atoms with E-state index in [2.05, 4.69) is 31.0 Å². The predicted molar refractivity (Wildman–Crippen MR) is 116 cm³/mol. The summed E-state index contributed by atoms with van der Waals surface area (Å²) in [5.74, 6) is -1.04. The minimum Gasteiger partial charge on any atom is -0.332 e. The smallest absolute Gasteiger partial charge is 0.325 e. The SMILES string of the molecule is Cc1cc(F)cc(F)c1.O=C(NCc1ncccc1Br)NSc1ccccc1Cl. The lowest BCUT2D eigenvalue weighted by molar-refractivity contribution is 0.246. The molecule has 2 aromatic carbocycles. The number of rotatable bonds is 4. The van der Waals surface area contributed by atoms with Gasteiger partial charge in [0, 0.05) is 21.6 Å². The maximum absolute atomic E-state index is 12.2. The second-order valence-corrected chi connectivity index (χ2v) is 7.81. The first-order valence-corrected chi connectivity index (χ1v) is 10.3. The van der Waals surface area contributed by atoms with E-state index in [9.17, 15) is 13.6 Å². The second kappa shape index (κ2) is 11.7. The number of urea groups is 1. The monoisotopic (exact) mass is 499 g/mol. The van der Waals surface area contributed by atoms with Crippen LogP contribution in [0.2, 0.25) is 5.02 Å². The van der Waals surface area contributed by atoms with Crippen molar-refractivity contribution in [3.8, 4) is 0 Å². The Morgan fingerprint density at radius 2 is 1.83 bits per heavy atom. The van der Waals surface area contributed by atoms with Gasteiger partial charge in [-0.05, 0) is 76.8 Å². The number of benzene rings is 2. The van der Waals surface area contributed by atoms with E-state index in [1.54, 1.807) is 19.2 Å². The van der Waals surface area contributed by atoms with Crippen molar-refractivity contribution in [2.45, 2.75) is 18.4 Å². The third-order valence-electron chi connectivity index (χ3n) is 3.35. The first-order chi connectivity index (χ1) is 13.8. The summed E-state index contributed by atoms with van der Waals surface area (Å²) in [5, 5.41) is 3.33. The molecule has 29 heavy (non-hydrogen) atoms. The van der Waals surface area contributed by atoms with E-state index in [0.717, 1.165) is 21.1 Å². The lowest BCUT2D eigenvalue weighted by Crippen LogP contribution is -2.31. The second-order valence-electron chi connectivity index (χ2n) is 5.70. The molecule has 1 aromatic heterocycles. The third-order valence-corrected chi connectivity index (χ3v) is 5.38. The van der Waals surface area contributed by atoms with Gasteiger partial charge in [-0.2, -0.15) is 0 Å². The van der Waals surface area contributed by atoms with E-state index in [0.29, 0.717) is 17.1 Å². The van der Waals surface area contributed by atoms with Crippen LogP contribution in [-0.4, -0.2) is 11.0 Å². The summed E-state index contributed by atoms with van der Waals surface area (Å²) >= 11 is 10.5. The number of hydrogen-bond acceptors (Lipinski definition) is 3. The van der Waals surface area contributed by atoms with Gasteiger partial charge in [0.1, 0.15) is 11.6 Å². The lowest BCUT2D eigenvalue weighted by atomic mass is 10.2. The maximum Gasteiger partial charge on any atom is 0.325 e. The Morgan fingerprint density at radius 1 is 1.14 bits per heavy atom. The molecule has 0 spiro atoms. The van der Waals surface area contributed by atoms with Gasteiger partial charge in [-0.15, -0.1) is 0 Å². The summed E-state index contributed by atoms with van der Waals surface area (Å²) < 4.78 is 27.9. The molecule has 0 radical (unpaired) electrons. The van der Waals surface area contributed by atoms with E-state index in [1.165, 1.54) is 24.1 Å². The zero-order valence-corrected chi connectivity index (χ0v) is 18.4. The molecule has 0 saturated carbocycles. The molecular weight excluding hydrogens is 484 g/mol. The standard InChI is InChI=1S/C13H11BrClN3OS.C7H6F2/c14-9-4-3-7-16-11(9)8-17-13(19)18-20-12-6-2-1-5-10(12)15;1-5-2-6(8)4-7(9)3-5/h1-7H,8H2,(H2,17,18,19);2-4H,1H3. The van der Waals surface area contributed by atoms with E-state index in [1.807, 2.05) is 30.3 Å². The van der Waals surface area contributed by atoms with Crippen molar-refractivity contribution in [1.29, 1.82) is 0 Å². The molecule has 3 aromatic rings. The van der Waals surface area contributed by atoms with E-state index in [-0.39, 0.29) is 6.03 Å². The number of halogens is 4. The zero-order chi connectivity index (χ0) is 21.2. The fraction of sp³-hybridized carbons (Fsp3) is 0.100. The highest BCUT2D eigenvalue weighted by molar-refractivity contribution is 9.10. The van der Waals surface area contributed by atoms with Crippen molar-refractivity contribution in [3.05, 3.63) is 93.2 Å². The summed E-state index contributed by atoms with van der Waals surface area (Å²) in [6.45, 7) is 1.99. The van der Waals surface area contributed by atoms with Gasteiger partial charge in [-0.3, -0.25) is 9.71 Å². The Morgan fingerprint density at radius 3 is 2.45 bits per heavy atom. The minimum absolute atomic E-state index is 0.299. The van der Waals surface area contributed by atoms with Crippen LogP contribution >= 0.6 is 39.5 Å². The number of nitrogens with one attached hydrogen (secondary N) is 2. The minimum atomic E-state index is -0.521. The highest BCUT2D eigenvalue weighted by Gasteiger charge is 2.06. The van der Waals surface area contributed by atoms with Gasteiger partial charge in [0.05, 0.1) is 17.3 Å². The average molecular weight is 501 g/mol. The van der Waals surface area contributed by atoms with Crippen molar-refractivity contribution in [1.82, 2.24) is 15.0 Å². The zero-order valence-electron chi connectivity index (χ0n) is 15.3. The molecular formula is C20H17BrClF2N3OS. The Labute approximate surface area is 185 Å². The maximum atomic E-state index is 12.2. The summed E-state index contributed by atoms with van der Waals surface area (Å²) in [5.41, 5.74) is 1.37. The topological polar surface area (TPSA) is 54.0 Å². The number of hydrogen-bond donors (Lipinski definition) is 2. The van der Waals surface area contributed by atoms with Crippen LogP contribution < -0.4 is 10.0 Å². The van der Waals surface area contributed by atoms with Gasteiger partial charge in [0.15, 0.2) is 0 Å². The molecule has 0 fully saturated rings. The summed E-state index contributed by atoms with van der Waals surface area (Å²) in [7, 11) is 0. The molecule has 4 nitrogen and oxygen atoms in total. The molecule has 3 rings (SSSR count). The van der Waals surface area contributed by atoms with E-state index >= 15 is 0 Å². The van der Waals surface area contributed by atoms with Crippen LogP contribution in [0.3, 0.4) is 0 Å². The molecule has 0 saturated heterocycles. The quantitative estimate of drug-likeness (QED) is 0.415. The Kier molecular flexibility index (Phi) is 9.37. The normalized spacial score (nSPS) is 9.97. The Hall–Kier alpha value is -2.16. The number of aromatic nitrogens is 1. The van der Waals surface area contributed by atoms with Crippen molar-refractivity contribution in [3.63, 3.8) is 0 Å². The van der Waals surface area contributed by atoms with Gasteiger partial charge in [-0.1, -0.05) is 23.7 Å². The first kappa shape index (κ1) is 23.1. The van der Waals surface area contributed by atoms with Crippen LogP contribution in [0.5, 0.6) is 0 Å². The molecule has 9 heteroatoms. The molecule has 0 unspecified atom stereocenters. The summed E-state index contributed by atoms with van der Waals surface area (Å²) in [6.07, 6.45) is 1.68. The number of nitrogens with zero attached hydrogens (tertiary/aromatic N) is 1. The van der Waals surface area contributed by atoms with E-state index < -0.39 is 11.6 Å². The molecule has 0 aliphatic carbocycles. The van der Waals surface area contributed by atoms with Crippen LogP contribution in [0.15, 0.2) is 70.2 Å². The third kappa shape index (κ3) is 8.39. The van der Waals surface area contributed by atoms with Crippen molar-refractivity contribution >= 4 is 45.5 Å². The Bertz CT molecular complexity index is 876. The lowest BCUT2D eigenvalue weighted by Gasteiger charge is -2.08. The number of carbonyl (C=O) groups excluding carboxylic acids is 1. The number of aryl methyl sites for hydroxylation is 1. The van der Waals surface area contributed by atoms with Crippen LogP contribution in [0.4, 0.5) is 13.6 Å². The van der Waals surface area contributed by atoms with Crippen LogP contribution in [0.1, 0.15) is 11.3 Å². The van der Waals surface area contributed by atoms with Gasteiger partial charge in [0.25, 0.3) is 0 Å². The summed E-state index contributed by atoms with van der Waals surface area (Å²) in [4.78, 5) is 16.6. The summed E-state index contributed by atoms with van der Waals surface area (Å²) in [6, 6.07) is 14.1. The van der Waals surface area contributed by atoms with E-state index in [4.69, 9.17) is 11.6 Å². The molecule has 152 valence electrons. The molecule has 2 N–H and O–H groups in total. The van der Waals surface area contributed by atoms with Gasteiger partial charge in [0.2, 0.25) is 0 Å². The predicted octanol–water partition coefficient (Wildman–Crippen LogP) is 6.28. The van der Waals surface area contributed by atoms with Crippen molar-refractivity contribution in [2.24, 2.45) is 0 Å². The van der Waals surface area contributed by atoms with Crippen LogP contribution in [0.25, 0.3) is 0 Å². The highest BCUT2D eigenvalue weighted by Crippen LogP contribution is 2.24. The molecule has 2 amide bonds. The molecule has 0 atom stereocenters. The number of carbonyl (C=O) groups is 1. The van der Waals surface area contributed by atoms with Crippen molar-refractivity contribution in [2.75, 3.05) is 0 Å². The van der Waals surface area contributed by atoms with Gasteiger partial charge in [-0.25, -0.2) is 13.6 Å². The average Bonchev–Trinajstić information content (AvgIpc) is 2.66. The number of pyridine rings is 1. The largest absolute Gasteiger partial charge is 0.332 e. The Balaban J connectivity index is 0.000000278. The molecule has 0 aliphatic rings. The first-order valence-electron chi connectivity index (χ1n) is 8.32. The van der Waals surface area contributed by atoms with Crippen LogP contribution in [-0.2, 0) is 6.54 Å². The fourth-order valence-electron chi connectivity index (χ4n) is 2.07. The molecule has 0 bridgehead atoms. The van der Waals surface area contributed by atoms with Gasteiger partial charge >= 0.3 is 6.03 Å².